The van der Waals surface area contributed by atoms with Crippen molar-refractivity contribution in [2.75, 3.05) is 0 Å². The summed E-state index contributed by atoms with van der Waals surface area (Å²) >= 11 is 1.71. The van der Waals surface area contributed by atoms with Crippen LogP contribution in [0.3, 0.4) is 0 Å². The van der Waals surface area contributed by atoms with Crippen molar-refractivity contribution in [1.82, 2.24) is 4.98 Å². The van der Waals surface area contributed by atoms with Crippen LogP contribution in [0.25, 0.3) is 10.6 Å². The van der Waals surface area contributed by atoms with Crippen LogP contribution in [0.15, 0.2) is 116 Å². The van der Waals surface area contributed by atoms with Gasteiger partial charge in [-0.25, -0.2) is 4.79 Å². The first kappa shape index (κ1) is 30.1. The maximum absolute atomic E-state index is 13.1. The molecule has 220 valence electrons. The van der Waals surface area contributed by atoms with Crippen LogP contribution in [-0.4, -0.2) is 18.5 Å². The van der Waals surface area contributed by atoms with E-state index >= 15 is 0 Å². The monoisotopic (exact) mass is 612 g/mol. The predicted molar refractivity (Wildman–Crippen MR) is 169 cm³/mol. The highest BCUT2D eigenvalue weighted by molar-refractivity contribution is 7.61. The van der Waals surface area contributed by atoms with E-state index in [9.17, 15) is 18.3 Å². The Bertz CT molecular complexity index is 1830. The van der Waals surface area contributed by atoms with Gasteiger partial charge in [-0.3, -0.25) is 4.98 Å². The fraction of sp³-hybridized carbons (Fsp3) is 0.235. The molecule has 1 aliphatic rings. The van der Waals surface area contributed by atoms with Crippen LogP contribution in [0, 0.1) is 5.92 Å². The van der Waals surface area contributed by atoms with E-state index in [4.69, 9.17) is 4.42 Å². The minimum atomic E-state index is -2.57. The molecular formula is C34H32N2O5S2. The quantitative estimate of drug-likeness (QED) is 0.180. The van der Waals surface area contributed by atoms with Gasteiger partial charge in [0.1, 0.15) is 11.5 Å². The summed E-state index contributed by atoms with van der Waals surface area (Å²) in [5.41, 5.74) is 2.91. The van der Waals surface area contributed by atoms with Crippen LogP contribution in [-0.2, 0) is 16.9 Å². The summed E-state index contributed by atoms with van der Waals surface area (Å²) in [5, 5.41) is 13.0. The predicted octanol–water partition coefficient (Wildman–Crippen LogP) is 8.13. The Balaban J connectivity index is 0.000000279. The molecule has 0 saturated heterocycles. The molecule has 1 saturated carbocycles. The summed E-state index contributed by atoms with van der Waals surface area (Å²) in [4.78, 5) is 18.6. The molecule has 3 heterocycles. The van der Waals surface area contributed by atoms with E-state index in [2.05, 4.69) is 20.8 Å². The lowest BCUT2D eigenvalue weighted by atomic mass is 9.86. The molecule has 0 bridgehead atoms. The van der Waals surface area contributed by atoms with Gasteiger partial charge in [0.05, 0.1) is 21.8 Å². The zero-order chi connectivity index (χ0) is 30.2. The third kappa shape index (κ3) is 7.94. The molecular weight excluding hydrogens is 581 g/mol. The molecule has 1 fully saturated rings. The van der Waals surface area contributed by atoms with E-state index in [-0.39, 0.29) is 34.8 Å². The van der Waals surface area contributed by atoms with E-state index in [0.717, 1.165) is 36.1 Å². The number of thiophene rings is 1. The Kier molecular flexibility index (Phi) is 9.96. The molecule has 0 spiro atoms. The first-order valence-electron chi connectivity index (χ1n) is 14.2. The van der Waals surface area contributed by atoms with Gasteiger partial charge in [-0.05, 0) is 78.4 Å². The van der Waals surface area contributed by atoms with Crippen molar-refractivity contribution >= 4 is 27.5 Å². The minimum absolute atomic E-state index is 0.0291. The van der Waals surface area contributed by atoms with Crippen molar-refractivity contribution in [2.45, 2.75) is 44.4 Å². The highest BCUT2D eigenvalue weighted by atomic mass is 32.2. The zero-order valence-corrected chi connectivity index (χ0v) is 25.3. The van der Waals surface area contributed by atoms with Crippen LogP contribution in [0.1, 0.15) is 60.5 Å². The topological polar surface area (TPSA) is 110 Å². The summed E-state index contributed by atoms with van der Waals surface area (Å²) in [5.74, 6) is 0.189. The number of nitrogens with zero attached hydrogens (tertiary/aromatic N) is 2. The van der Waals surface area contributed by atoms with Crippen molar-refractivity contribution in [3.63, 3.8) is 0 Å². The second kappa shape index (κ2) is 14.2. The second-order valence-electron chi connectivity index (χ2n) is 10.4. The van der Waals surface area contributed by atoms with E-state index in [1.807, 2.05) is 73.8 Å². The molecule has 3 aromatic heterocycles. The molecule has 0 amide bonds. The van der Waals surface area contributed by atoms with Crippen molar-refractivity contribution in [2.24, 2.45) is 10.3 Å². The fourth-order valence-corrected chi connectivity index (χ4v) is 6.23. The van der Waals surface area contributed by atoms with Crippen LogP contribution >= 0.6 is 11.3 Å². The van der Waals surface area contributed by atoms with Crippen molar-refractivity contribution < 1.29 is 17.9 Å². The molecule has 1 N–H and O–H groups in total. The smallest absolute Gasteiger partial charge is 0.343 e. The molecule has 43 heavy (non-hydrogen) atoms. The lowest BCUT2D eigenvalue weighted by molar-refractivity contribution is 0.379. The zero-order valence-electron chi connectivity index (χ0n) is 23.7. The highest BCUT2D eigenvalue weighted by Crippen LogP contribution is 2.48. The number of hydrogen-bond donors (Lipinski definition) is 1. The number of rotatable bonds is 9. The SMILES string of the molecule is CCC(Cc1ccccc1)c1cc(O)c(C(c2cccc(N=S(=O)=O)c2)C2CC2)c(=O)o1.c1ccc(-c2cccs2)nc1. The van der Waals surface area contributed by atoms with Gasteiger partial charge in [-0.15, -0.1) is 15.7 Å². The van der Waals surface area contributed by atoms with Crippen molar-refractivity contribution in [1.29, 1.82) is 0 Å². The average Bonchev–Trinajstić information content (AvgIpc) is 3.69. The van der Waals surface area contributed by atoms with Gasteiger partial charge in [-0.1, -0.05) is 61.5 Å². The first-order valence-corrected chi connectivity index (χ1v) is 16.1. The maximum atomic E-state index is 13.1. The number of benzene rings is 2. The van der Waals surface area contributed by atoms with Gasteiger partial charge in [0.2, 0.25) is 0 Å². The fourth-order valence-electron chi connectivity index (χ4n) is 5.24. The lowest BCUT2D eigenvalue weighted by Crippen LogP contribution is -2.17. The molecule has 2 atom stereocenters. The Morgan fingerprint density at radius 1 is 1.00 bits per heavy atom. The number of aromatic hydroxyl groups is 1. The van der Waals surface area contributed by atoms with Crippen molar-refractivity contribution in [3.05, 3.63) is 135 Å². The standard InChI is InChI=1S/C25H25NO5S.C9H7NS/c1-2-17(13-16-7-4-3-5-8-16)22-15-21(27)24(25(28)31-22)23(18-11-12-18)19-9-6-10-20(14-19)26-32(29)30;1-2-6-10-8(4-1)9-5-3-7-11-9/h3-10,14-15,17-18,23,27H,2,11-13H2,1H3;1-7H. The average molecular weight is 613 g/mol. The van der Waals surface area contributed by atoms with E-state index in [1.165, 1.54) is 4.88 Å². The van der Waals surface area contributed by atoms with Gasteiger partial charge >= 0.3 is 16.1 Å². The van der Waals surface area contributed by atoms with Crippen molar-refractivity contribution in [3.8, 4) is 16.3 Å². The van der Waals surface area contributed by atoms with Gasteiger partial charge in [0.15, 0.2) is 0 Å². The third-order valence-corrected chi connectivity index (χ3v) is 8.71. The van der Waals surface area contributed by atoms with E-state index in [0.29, 0.717) is 12.2 Å². The number of hydrogen-bond acceptors (Lipinski definition) is 8. The summed E-state index contributed by atoms with van der Waals surface area (Å²) in [6.07, 6.45) is 5.13. The molecule has 7 nitrogen and oxygen atoms in total. The molecule has 9 heteroatoms. The van der Waals surface area contributed by atoms with Crippen LogP contribution in [0.4, 0.5) is 5.69 Å². The molecule has 5 aromatic rings. The van der Waals surface area contributed by atoms with Crippen LogP contribution in [0.2, 0.25) is 0 Å². The second-order valence-corrected chi connectivity index (χ2v) is 12.0. The van der Waals surface area contributed by atoms with Crippen LogP contribution < -0.4 is 5.63 Å². The molecule has 1 aliphatic carbocycles. The first-order chi connectivity index (χ1) is 20.9. The van der Waals surface area contributed by atoms with Gasteiger partial charge in [0.25, 0.3) is 0 Å². The normalized spacial score (nSPS) is 13.8. The molecule has 0 radical (unpaired) electrons. The number of aromatic nitrogens is 1. The summed E-state index contributed by atoms with van der Waals surface area (Å²) in [6.45, 7) is 2.03. The Hall–Kier alpha value is -4.34. The van der Waals surface area contributed by atoms with E-state index in [1.54, 1.807) is 35.6 Å². The van der Waals surface area contributed by atoms with E-state index < -0.39 is 16.1 Å². The Labute approximate surface area is 256 Å². The Morgan fingerprint density at radius 2 is 1.79 bits per heavy atom. The Morgan fingerprint density at radius 3 is 2.42 bits per heavy atom. The molecule has 6 rings (SSSR count). The van der Waals surface area contributed by atoms with Gasteiger partial charge in [-0.2, -0.15) is 8.42 Å². The molecule has 2 unspecified atom stereocenters. The highest BCUT2D eigenvalue weighted by Gasteiger charge is 2.37. The lowest BCUT2D eigenvalue weighted by Gasteiger charge is -2.20. The van der Waals surface area contributed by atoms with Gasteiger partial charge < -0.3 is 9.52 Å². The molecule has 2 aromatic carbocycles. The van der Waals surface area contributed by atoms with Crippen LogP contribution in [0.5, 0.6) is 5.75 Å². The summed E-state index contributed by atoms with van der Waals surface area (Å²) in [6, 6.07) is 28.4. The molecule has 0 aliphatic heterocycles. The summed E-state index contributed by atoms with van der Waals surface area (Å²) in [7, 11) is -2.57. The maximum Gasteiger partial charge on any atom is 0.343 e. The minimum Gasteiger partial charge on any atom is -0.507 e. The third-order valence-electron chi connectivity index (χ3n) is 7.46. The largest absolute Gasteiger partial charge is 0.507 e. The summed E-state index contributed by atoms with van der Waals surface area (Å²) < 4.78 is 31.2. The number of pyridine rings is 1. The van der Waals surface area contributed by atoms with Gasteiger partial charge in [0, 0.05) is 24.1 Å².